The van der Waals surface area contributed by atoms with E-state index in [2.05, 4.69) is 5.32 Å². The monoisotopic (exact) mass is 322 g/mol. The maximum Gasteiger partial charge on any atom is 0.258 e. The zero-order valence-electron chi connectivity index (χ0n) is 14.3. The van der Waals surface area contributed by atoms with Gasteiger partial charge in [0.1, 0.15) is 0 Å². The molecule has 0 saturated heterocycles. The Balaban J connectivity index is 1.88. The summed E-state index contributed by atoms with van der Waals surface area (Å²) >= 11 is 0. The fraction of sp³-hybridized carbons (Fsp3) is 0.300. The van der Waals surface area contributed by atoms with Crippen LogP contribution in [0, 0.1) is 13.8 Å². The Labute approximate surface area is 142 Å². The van der Waals surface area contributed by atoms with Crippen molar-refractivity contribution in [2.45, 2.75) is 39.7 Å². The summed E-state index contributed by atoms with van der Waals surface area (Å²) in [7, 11) is 0. The Hall–Kier alpha value is -2.62. The highest BCUT2D eigenvalue weighted by Gasteiger charge is 2.34. The fourth-order valence-electron chi connectivity index (χ4n) is 2.75. The van der Waals surface area contributed by atoms with E-state index < -0.39 is 0 Å². The van der Waals surface area contributed by atoms with Gasteiger partial charge >= 0.3 is 0 Å². The molecule has 1 fully saturated rings. The Morgan fingerprint density at radius 2 is 1.67 bits per heavy atom. The second kappa shape index (κ2) is 6.48. The van der Waals surface area contributed by atoms with Gasteiger partial charge < -0.3 is 10.2 Å². The Morgan fingerprint density at radius 3 is 2.21 bits per heavy atom. The van der Waals surface area contributed by atoms with Crippen LogP contribution >= 0.6 is 0 Å². The molecule has 1 N–H and O–H groups in total. The molecule has 0 heterocycles. The molecule has 0 atom stereocenters. The summed E-state index contributed by atoms with van der Waals surface area (Å²) in [5.74, 6) is -0.0686. The number of carbonyl (C=O) groups excluding carboxylic acids is 2. The van der Waals surface area contributed by atoms with E-state index in [1.807, 2.05) is 61.2 Å². The number of hydrogen-bond donors (Lipinski definition) is 1. The van der Waals surface area contributed by atoms with E-state index in [1.54, 1.807) is 0 Å². The molecule has 124 valence electrons. The highest BCUT2D eigenvalue weighted by Crippen LogP contribution is 2.33. The van der Waals surface area contributed by atoms with Crippen molar-refractivity contribution in [3.05, 3.63) is 59.2 Å². The van der Waals surface area contributed by atoms with Crippen molar-refractivity contribution in [3.63, 3.8) is 0 Å². The van der Waals surface area contributed by atoms with Gasteiger partial charge in [-0.25, -0.2) is 0 Å². The van der Waals surface area contributed by atoms with Crippen molar-refractivity contribution in [3.8, 4) is 0 Å². The number of anilines is 2. The standard InChI is InChI=1S/C20H22N2O2/c1-13-4-5-16(12-14(13)2)20(24)22(19-10-11-19)18-8-6-17(7-9-18)21-15(3)23/h4-9,12,19H,10-11H2,1-3H3,(H,21,23). The molecule has 2 aromatic rings. The molecule has 2 aromatic carbocycles. The van der Waals surface area contributed by atoms with Crippen LogP contribution < -0.4 is 10.2 Å². The number of hydrogen-bond acceptors (Lipinski definition) is 2. The smallest absolute Gasteiger partial charge is 0.258 e. The van der Waals surface area contributed by atoms with Crippen LogP contribution in [0.4, 0.5) is 11.4 Å². The number of aryl methyl sites for hydroxylation is 2. The first kappa shape index (κ1) is 16.2. The lowest BCUT2D eigenvalue weighted by Crippen LogP contribution is -2.33. The third kappa shape index (κ3) is 3.48. The number of rotatable bonds is 4. The van der Waals surface area contributed by atoms with E-state index in [4.69, 9.17) is 0 Å². The lowest BCUT2D eigenvalue weighted by atomic mass is 10.1. The van der Waals surface area contributed by atoms with Gasteiger partial charge in [0.05, 0.1) is 0 Å². The van der Waals surface area contributed by atoms with Gasteiger partial charge in [-0.3, -0.25) is 9.59 Å². The molecule has 0 aliphatic heterocycles. The van der Waals surface area contributed by atoms with Crippen molar-refractivity contribution in [1.82, 2.24) is 0 Å². The largest absolute Gasteiger partial charge is 0.326 e. The first-order chi connectivity index (χ1) is 11.5. The molecule has 1 aliphatic rings. The minimum atomic E-state index is -0.104. The normalized spacial score (nSPS) is 13.5. The zero-order valence-corrected chi connectivity index (χ0v) is 14.3. The summed E-state index contributed by atoms with van der Waals surface area (Å²) in [6.45, 7) is 5.55. The maximum absolute atomic E-state index is 13.0. The zero-order chi connectivity index (χ0) is 17.3. The number of amides is 2. The van der Waals surface area contributed by atoms with Crippen molar-refractivity contribution >= 4 is 23.2 Å². The molecule has 1 saturated carbocycles. The van der Waals surface area contributed by atoms with E-state index in [9.17, 15) is 9.59 Å². The van der Waals surface area contributed by atoms with Crippen molar-refractivity contribution < 1.29 is 9.59 Å². The van der Waals surface area contributed by atoms with Crippen LogP contribution in [0.25, 0.3) is 0 Å². The minimum absolute atomic E-state index is 0.0351. The average Bonchev–Trinajstić information content (AvgIpc) is 3.36. The molecule has 0 bridgehead atoms. The Bertz CT molecular complexity index is 777. The third-order valence-corrected chi connectivity index (χ3v) is 4.35. The maximum atomic E-state index is 13.0. The third-order valence-electron chi connectivity index (χ3n) is 4.35. The van der Waals surface area contributed by atoms with E-state index in [0.29, 0.717) is 0 Å². The molecule has 0 spiro atoms. The molecule has 0 unspecified atom stereocenters. The SMILES string of the molecule is CC(=O)Nc1ccc(N(C(=O)c2ccc(C)c(C)c2)C2CC2)cc1. The molecule has 3 rings (SSSR count). The second-order valence-electron chi connectivity index (χ2n) is 6.43. The van der Waals surface area contributed by atoms with Gasteiger partial charge in [-0.1, -0.05) is 6.07 Å². The summed E-state index contributed by atoms with van der Waals surface area (Å²) in [4.78, 5) is 26.0. The Morgan fingerprint density at radius 1 is 1.00 bits per heavy atom. The highest BCUT2D eigenvalue weighted by molar-refractivity contribution is 6.07. The van der Waals surface area contributed by atoms with E-state index in [-0.39, 0.29) is 17.9 Å². The van der Waals surface area contributed by atoms with E-state index in [1.165, 1.54) is 12.5 Å². The van der Waals surface area contributed by atoms with Crippen molar-refractivity contribution in [2.24, 2.45) is 0 Å². The Kier molecular flexibility index (Phi) is 4.38. The number of carbonyl (C=O) groups is 2. The number of nitrogens with one attached hydrogen (secondary N) is 1. The quantitative estimate of drug-likeness (QED) is 0.922. The van der Waals surface area contributed by atoms with Gasteiger partial charge in [0.15, 0.2) is 0 Å². The molecule has 4 nitrogen and oxygen atoms in total. The van der Waals surface area contributed by atoms with Crippen molar-refractivity contribution in [2.75, 3.05) is 10.2 Å². The van der Waals surface area contributed by atoms with E-state index >= 15 is 0 Å². The lowest BCUT2D eigenvalue weighted by Gasteiger charge is -2.23. The van der Waals surface area contributed by atoms with Gasteiger partial charge in [0.2, 0.25) is 5.91 Å². The molecular formula is C20H22N2O2. The van der Waals surface area contributed by atoms with Crippen LogP contribution in [0.5, 0.6) is 0 Å². The molecule has 0 aromatic heterocycles. The van der Waals surface area contributed by atoms with Gasteiger partial charge in [0, 0.05) is 29.9 Å². The summed E-state index contributed by atoms with van der Waals surface area (Å²) in [5, 5.41) is 2.75. The minimum Gasteiger partial charge on any atom is -0.326 e. The molecule has 1 aliphatic carbocycles. The summed E-state index contributed by atoms with van der Waals surface area (Å²) < 4.78 is 0. The van der Waals surface area contributed by atoms with Gasteiger partial charge in [-0.15, -0.1) is 0 Å². The van der Waals surface area contributed by atoms with Crippen LogP contribution in [-0.2, 0) is 4.79 Å². The van der Waals surface area contributed by atoms with Crippen molar-refractivity contribution in [1.29, 1.82) is 0 Å². The summed E-state index contributed by atoms with van der Waals surface area (Å²) in [6, 6.07) is 13.6. The molecule has 2 amide bonds. The number of nitrogens with zero attached hydrogens (tertiary/aromatic N) is 1. The van der Waals surface area contributed by atoms with E-state index in [0.717, 1.165) is 35.3 Å². The predicted molar refractivity (Wildman–Crippen MR) is 96.5 cm³/mol. The first-order valence-corrected chi connectivity index (χ1v) is 8.24. The average molecular weight is 322 g/mol. The fourth-order valence-corrected chi connectivity index (χ4v) is 2.75. The topological polar surface area (TPSA) is 49.4 Å². The molecule has 24 heavy (non-hydrogen) atoms. The summed E-state index contributed by atoms with van der Waals surface area (Å²) in [5.41, 5.74) is 4.63. The van der Waals surface area contributed by atoms with Gasteiger partial charge in [0.25, 0.3) is 5.91 Å². The molecule has 4 heteroatoms. The van der Waals surface area contributed by atoms with Crippen LogP contribution in [-0.4, -0.2) is 17.9 Å². The van der Waals surface area contributed by atoms with Gasteiger partial charge in [-0.05, 0) is 74.2 Å². The number of benzene rings is 2. The lowest BCUT2D eigenvalue weighted by molar-refractivity contribution is -0.114. The van der Waals surface area contributed by atoms with Gasteiger partial charge in [-0.2, -0.15) is 0 Å². The predicted octanol–water partition coefficient (Wildman–Crippen LogP) is 4.07. The highest BCUT2D eigenvalue weighted by atomic mass is 16.2. The van der Waals surface area contributed by atoms with Crippen LogP contribution in [0.1, 0.15) is 41.3 Å². The van der Waals surface area contributed by atoms with Crippen LogP contribution in [0.3, 0.4) is 0 Å². The first-order valence-electron chi connectivity index (χ1n) is 8.24. The molecular weight excluding hydrogens is 300 g/mol. The van der Waals surface area contributed by atoms with Crippen LogP contribution in [0.15, 0.2) is 42.5 Å². The summed E-state index contributed by atoms with van der Waals surface area (Å²) in [6.07, 6.45) is 2.06. The molecule has 0 radical (unpaired) electrons. The second-order valence-corrected chi connectivity index (χ2v) is 6.43. The van der Waals surface area contributed by atoms with Crippen LogP contribution in [0.2, 0.25) is 0 Å².